The molecule has 92 valence electrons. The molecule has 17 heavy (non-hydrogen) atoms. The second kappa shape index (κ2) is 5.19. The van der Waals surface area contributed by atoms with E-state index in [9.17, 15) is 4.79 Å². The van der Waals surface area contributed by atoms with Crippen LogP contribution in [0.1, 0.15) is 18.4 Å². The van der Waals surface area contributed by atoms with Crippen LogP contribution in [0.25, 0.3) is 0 Å². The van der Waals surface area contributed by atoms with Gasteiger partial charge >= 0.3 is 0 Å². The first kappa shape index (κ1) is 11.9. The summed E-state index contributed by atoms with van der Waals surface area (Å²) in [6.07, 6.45) is 1.93. The minimum absolute atomic E-state index is 0.0158. The monoisotopic (exact) mass is 233 g/mol. The third kappa shape index (κ3) is 2.77. The molecular formula is C13H19N3O. The molecule has 1 atom stereocenters. The quantitative estimate of drug-likeness (QED) is 0.813. The van der Waals surface area contributed by atoms with Gasteiger partial charge in [0, 0.05) is 25.3 Å². The Morgan fingerprint density at radius 3 is 2.65 bits per heavy atom. The minimum atomic E-state index is -0.187. The minimum Gasteiger partial charge on any atom is -0.371 e. The Labute approximate surface area is 102 Å². The first-order valence-electron chi connectivity index (χ1n) is 6.04. The maximum Gasteiger partial charge on any atom is 0.222 e. The number of nitrogens with zero attached hydrogens (tertiary/aromatic N) is 1. The van der Waals surface area contributed by atoms with Gasteiger partial charge < -0.3 is 16.4 Å². The number of benzene rings is 1. The number of nitrogens with two attached hydrogens (primary N) is 2. The first-order chi connectivity index (χ1) is 8.20. The fourth-order valence-electron chi connectivity index (χ4n) is 2.29. The lowest BCUT2D eigenvalue weighted by Gasteiger charge is -2.33. The van der Waals surface area contributed by atoms with Crippen molar-refractivity contribution in [3.8, 4) is 0 Å². The van der Waals surface area contributed by atoms with E-state index in [0.29, 0.717) is 6.54 Å². The number of rotatable bonds is 3. The van der Waals surface area contributed by atoms with E-state index in [-0.39, 0.29) is 11.8 Å². The van der Waals surface area contributed by atoms with Gasteiger partial charge in [0.2, 0.25) is 5.91 Å². The predicted octanol–water partition coefficient (Wildman–Crippen LogP) is 0.847. The van der Waals surface area contributed by atoms with E-state index in [1.165, 1.54) is 0 Å². The average molecular weight is 233 g/mol. The summed E-state index contributed by atoms with van der Waals surface area (Å²) in [4.78, 5) is 13.4. The van der Waals surface area contributed by atoms with Crippen LogP contribution in [0.2, 0.25) is 0 Å². The van der Waals surface area contributed by atoms with E-state index in [2.05, 4.69) is 17.0 Å². The molecule has 4 heteroatoms. The number of carbonyl (C=O) groups is 1. The third-order valence-corrected chi connectivity index (χ3v) is 3.36. The van der Waals surface area contributed by atoms with Gasteiger partial charge in [-0.2, -0.15) is 0 Å². The van der Waals surface area contributed by atoms with Crippen molar-refractivity contribution >= 4 is 11.6 Å². The number of carbonyl (C=O) groups excluding carboxylic acids is 1. The molecule has 0 aromatic heterocycles. The van der Waals surface area contributed by atoms with E-state index in [1.54, 1.807) is 0 Å². The number of hydrogen-bond acceptors (Lipinski definition) is 3. The zero-order valence-corrected chi connectivity index (χ0v) is 9.93. The average Bonchev–Trinajstić information content (AvgIpc) is 2.39. The summed E-state index contributed by atoms with van der Waals surface area (Å²) in [6.45, 7) is 2.28. The molecule has 1 aliphatic heterocycles. The molecule has 1 fully saturated rings. The van der Waals surface area contributed by atoms with Gasteiger partial charge in [-0.1, -0.05) is 12.1 Å². The fraction of sp³-hybridized carbons (Fsp3) is 0.462. The highest BCUT2D eigenvalue weighted by atomic mass is 16.1. The molecule has 1 saturated heterocycles. The maximum atomic E-state index is 11.2. The van der Waals surface area contributed by atoms with Crippen LogP contribution in [0.4, 0.5) is 5.69 Å². The van der Waals surface area contributed by atoms with Gasteiger partial charge in [-0.25, -0.2) is 0 Å². The standard InChI is InChI=1S/C13H19N3O/c14-8-10-3-5-12(6-4-10)16-7-1-2-11(9-16)13(15)17/h3-6,11H,1-2,7-9,14H2,(H2,15,17). The van der Waals surface area contributed by atoms with E-state index < -0.39 is 0 Å². The van der Waals surface area contributed by atoms with Crippen molar-refractivity contribution < 1.29 is 4.79 Å². The fourth-order valence-corrected chi connectivity index (χ4v) is 2.29. The molecule has 4 nitrogen and oxygen atoms in total. The summed E-state index contributed by atoms with van der Waals surface area (Å²) in [5.74, 6) is -0.203. The Hall–Kier alpha value is -1.55. The van der Waals surface area contributed by atoms with Gasteiger partial charge in [0.1, 0.15) is 0 Å². The molecule has 2 rings (SSSR count). The highest BCUT2D eigenvalue weighted by molar-refractivity contribution is 5.77. The molecule has 1 amide bonds. The summed E-state index contributed by atoms with van der Waals surface area (Å²) in [6, 6.07) is 8.18. The van der Waals surface area contributed by atoms with Crippen molar-refractivity contribution in [1.29, 1.82) is 0 Å². The maximum absolute atomic E-state index is 11.2. The Balaban J connectivity index is 2.08. The molecule has 1 heterocycles. The SMILES string of the molecule is NCc1ccc(N2CCCC(C(N)=O)C2)cc1. The number of hydrogen-bond donors (Lipinski definition) is 2. The van der Waals surface area contributed by atoms with Crippen molar-refractivity contribution in [1.82, 2.24) is 0 Å². The third-order valence-electron chi connectivity index (χ3n) is 3.36. The number of anilines is 1. The predicted molar refractivity (Wildman–Crippen MR) is 68.5 cm³/mol. The lowest BCUT2D eigenvalue weighted by Crippen LogP contribution is -2.41. The largest absolute Gasteiger partial charge is 0.371 e. The smallest absolute Gasteiger partial charge is 0.222 e. The first-order valence-corrected chi connectivity index (χ1v) is 6.04. The van der Waals surface area contributed by atoms with Crippen LogP contribution >= 0.6 is 0 Å². The number of primary amides is 1. The molecule has 1 aromatic carbocycles. The summed E-state index contributed by atoms with van der Waals surface area (Å²) < 4.78 is 0. The molecular weight excluding hydrogens is 214 g/mol. The van der Waals surface area contributed by atoms with Crippen molar-refractivity contribution in [3.05, 3.63) is 29.8 Å². The molecule has 1 aromatic rings. The van der Waals surface area contributed by atoms with Gasteiger partial charge in [-0.05, 0) is 30.5 Å². The molecule has 1 unspecified atom stereocenters. The molecule has 1 aliphatic rings. The van der Waals surface area contributed by atoms with Gasteiger partial charge in [-0.15, -0.1) is 0 Å². The van der Waals surface area contributed by atoms with E-state index in [0.717, 1.165) is 37.2 Å². The zero-order valence-electron chi connectivity index (χ0n) is 9.93. The van der Waals surface area contributed by atoms with Crippen molar-refractivity contribution in [2.75, 3.05) is 18.0 Å². The van der Waals surface area contributed by atoms with Gasteiger partial charge in [-0.3, -0.25) is 4.79 Å². The van der Waals surface area contributed by atoms with Crippen LogP contribution in [-0.4, -0.2) is 19.0 Å². The Morgan fingerprint density at radius 1 is 1.35 bits per heavy atom. The Morgan fingerprint density at radius 2 is 2.06 bits per heavy atom. The topological polar surface area (TPSA) is 72.3 Å². The highest BCUT2D eigenvalue weighted by Crippen LogP contribution is 2.23. The number of piperidine rings is 1. The summed E-state index contributed by atoms with van der Waals surface area (Å²) in [5, 5.41) is 0. The van der Waals surface area contributed by atoms with Crippen LogP contribution in [0.15, 0.2) is 24.3 Å². The van der Waals surface area contributed by atoms with Crippen LogP contribution in [0.3, 0.4) is 0 Å². The molecule has 0 radical (unpaired) electrons. The molecule has 0 aliphatic carbocycles. The molecule has 0 bridgehead atoms. The lowest BCUT2D eigenvalue weighted by atomic mass is 9.97. The zero-order chi connectivity index (χ0) is 12.3. The van der Waals surface area contributed by atoms with E-state index in [1.807, 2.05) is 12.1 Å². The lowest BCUT2D eigenvalue weighted by molar-refractivity contribution is -0.122. The van der Waals surface area contributed by atoms with Crippen molar-refractivity contribution in [2.45, 2.75) is 19.4 Å². The van der Waals surface area contributed by atoms with Crippen molar-refractivity contribution in [3.63, 3.8) is 0 Å². The second-order valence-electron chi connectivity index (χ2n) is 4.56. The molecule has 0 spiro atoms. The van der Waals surface area contributed by atoms with Crippen LogP contribution in [0.5, 0.6) is 0 Å². The van der Waals surface area contributed by atoms with E-state index in [4.69, 9.17) is 11.5 Å². The van der Waals surface area contributed by atoms with Gasteiger partial charge in [0.05, 0.1) is 5.92 Å². The highest BCUT2D eigenvalue weighted by Gasteiger charge is 2.23. The normalized spacial score (nSPS) is 20.3. The number of amides is 1. The Bertz CT molecular complexity index is 388. The van der Waals surface area contributed by atoms with Gasteiger partial charge in [0.15, 0.2) is 0 Å². The second-order valence-corrected chi connectivity index (χ2v) is 4.56. The molecule has 0 saturated carbocycles. The summed E-state index contributed by atoms with van der Waals surface area (Å²) >= 11 is 0. The van der Waals surface area contributed by atoms with Crippen LogP contribution in [0, 0.1) is 5.92 Å². The van der Waals surface area contributed by atoms with Crippen LogP contribution in [-0.2, 0) is 11.3 Å². The molecule has 4 N–H and O–H groups in total. The summed E-state index contributed by atoms with van der Waals surface area (Å²) in [5.41, 5.74) is 13.2. The summed E-state index contributed by atoms with van der Waals surface area (Å²) in [7, 11) is 0. The van der Waals surface area contributed by atoms with Crippen LogP contribution < -0.4 is 16.4 Å². The van der Waals surface area contributed by atoms with Gasteiger partial charge in [0.25, 0.3) is 0 Å². The van der Waals surface area contributed by atoms with E-state index >= 15 is 0 Å². The van der Waals surface area contributed by atoms with Crippen molar-refractivity contribution in [2.24, 2.45) is 17.4 Å². The Kier molecular flexibility index (Phi) is 3.64.